The maximum atomic E-state index is 13.5. The maximum absolute atomic E-state index is 13.5. The molecular formula is C16H14FN3O2S. The highest BCUT2D eigenvalue weighted by molar-refractivity contribution is 7.12. The van der Waals surface area contributed by atoms with Crippen molar-refractivity contribution in [2.45, 2.75) is 20.0 Å². The van der Waals surface area contributed by atoms with Gasteiger partial charge in [0, 0.05) is 5.56 Å². The van der Waals surface area contributed by atoms with Crippen molar-refractivity contribution >= 4 is 17.2 Å². The Labute approximate surface area is 136 Å². The van der Waals surface area contributed by atoms with E-state index in [0.29, 0.717) is 10.4 Å². The molecule has 0 unspecified atom stereocenters. The number of carbonyl (C=O) groups excluding carboxylic acids is 1. The summed E-state index contributed by atoms with van der Waals surface area (Å²) >= 11 is 1.30. The summed E-state index contributed by atoms with van der Waals surface area (Å²) in [6.45, 7) is 3.67. The first-order chi connectivity index (χ1) is 11.0. The minimum Gasteiger partial charge on any atom is -0.460 e. The van der Waals surface area contributed by atoms with Crippen LogP contribution in [0.15, 0.2) is 41.8 Å². The van der Waals surface area contributed by atoms with Crippen molar-refractivity contribution in [2.75, 3.05) is 0 Å². The molecule has 2 aromatic heterocycles. The Hall–Kier alpha value is -2.54. The minimum absolute atomic E-state index is 0.0872. The molecule has 0 spiro atoms. The van der Waals surface area contributed by atoms with Gasteiger partial charge in [0.15, 0.2) is 5.82 Å². The molecule has 7 heteroatoms. The lowest BCUT2D eigenvalue weighted by molar-refractivity contribution is 0.0947. The number of aromatic nitrogens is 3. The van der Waals surface area contributed by atoms with Gasteiger partial charge in [-0.25, -0.2) is 4.39 Å². The summed E-state index contributed by atoms with van der Waals surface area (Å²) in [5.41, 5.74) is 0.459. The normalized spacial score (nSPS) is 11.0. The van der Waals surface area contributed by atoms with Gasteiger partial charge in [-0.2, -0.15) is 9.67 Å². The first kappa shape index (κ1) is 15.4. The largest absolute Gasteiger partial charge is 0.460 e. The smallest absolute Gasteiger partial charge is 0.336 e. The van der Waals surface area contributed by atoms with E-state index in [1.165, 1.54) is 23.5 Å². The Bertz CT molecular complexity index is 828. The number of hydrogen-bond acceptors (Lipinski definition) is 5. The quantitative estimate of drug-likeness (QED) is 0.733. The van der Waals surface area contributed by atoms with Gasteiger partial charge >= 0.3 is 6.01 Å². The minimum atomic E-state index is -0.410. The molecule has 0 bridgehead atoms. The lowest BCUT2D eigenvalue weighted by atomic mass is 10.2. The van der Waals surface area contributed by atoms with Crippen LogP contribution in [0, 0.1) is 5.82 Å². The molecule has 5 nitrogen and oxygen atoms in total. The average Bonchev–Trinajstić information content (AvgIpc) is 3.15. The fourth-order valence-electron chi connectivity index (χ4n) is 2.01. The second kappa shape index (κ2) is 6.29. The van der Waals surface area contributed by atoms with Crippen LogP contribution in [0.2, 0.25) is 0 Å². The van der Waals surface area contributed by atoms with E-state index in [0.717, 1.165) is 4.68 Å². The zero-order valence-electron chi connectivity index (χ0n) is 12.6. The standard InChI is InChI=1S/C16H14FN3O2S/c1-10(2)22-16-18-14(11-5-3-6-12(17)9-11)20(19-16)15(21)13-7-4-8-23-13/h3-10H,1-2H3. The van der Waals surface area contributed by atoms with Crippen LogP contribution < -0.4 is 4.74 Å². The summed E-state index contributed by atoms with van der Waals surface area (Å²) in [7, 11) is 0. The molecule has 0 aliphatic rings. The molecule has 0 radical (unpaired) electrons. The number of nitrogens with zero attached hydrogens (tertiary/aromatic N) is 3. The third kappa shape index (κ3) is 3.29. The van der Waals surface area contributed by atoms with Gasteiger partial charge in [0.1, 0.15) is 5.82 Å². The number of benzene rings is 1. The molecule has 0 N–H and O–H groups in total. The summed E-state index contributed by atoms with van der Waals surface area (Å²) in [4.78, 5) is 17.4. The first-order valence-electron chi connectivity index (χ1n) is 7.02. The van der Waals surface area contributed by atoms with Gasteiger partial charge in [0.05, 0.1) is 11.0 Å². The van der Waals surface area contributed by atoms with Crippen molar-refractivity contribution in [2.24, 2.45) is 0 Å². The van der Waals surface area contributed by atoms with E-state index in [-0.39, 0.29) is 23.8 Å². The van der Waals surface area contributed by atoms with Gasteiger partial charge in [0.25, 0.3) is 5.91 Å². The highest BCUT2D eigenvalue weighted by Gasteiger charge is 2.21. The molecule has 0 amide bonds. The molecule has 2 heterocycles. The number of halogens is 1. The van der Waals surface area contributed by atoms with E-state index < -0.39 is 5.82 Å². The van der Waals surface area contributed by atoms with Crippen LogP contribution in [0.3, 0.4) is 0 Å². The highest BCUT2D eigenvalue weighted by atomic mass is 32.1. The lowest BCUT2D eigenvalue weighted by Crippen LogP contribution is -2.14. The van der Waals surface area contributed by atoms with Crippen molar-refractivity contribution in [1.82, 2.24) is 14.8 Å². The van der Waals surface area contributed by atoms with Crippen molar-refractivity contribution in [3.63, 3.8) is 0 Å². The Balaban J connectivity index is 2.09. The van der Waals surface area contributed by atoms with Crippen molar-refractivity contribution < 1.29 is 13.9 Å². The molecule has 0 aliphatic heterocycles. The molecule has 0 saturated heterocycles. The van der Waals surface area contributed by atoms with Gasteiger partial charge in [-0.15, -0.1) is 16.4 Å². The SMILES string of the molecule is CC(C)Oc1nc(-c2cccc(F)c2)n(C(=O)c2cccs2)n1. The second-order valence-corrected chi connectivity index (χ2v) is 6.04. The molecule has 0 aliphatic carbocycles. The topological polar surface area (TPSA) is 57.0 Å². The van der Waals surface area contributed by atoms with Gasteiger partial charge in [-0.05, 0) is 37.4 Å². The predicted molar refractivity (Wildman–Crippen MR) is 85.2 cm³/mol. The van der Waals surface area contributed by atoms with E-state index in [4.69, 9.17) is 4.74 Å². The van der Waals surface area contributed by atoms with Crippen LogP contribution in [0.1, 0.15) is 23.5 Å². The monoisotopic (exact) mass is 331 g/mol. The molecule has 118 valence electrons. The van der Waals surface area contributed by atoms with Crippen molar-refractivity contribution in [3.8, 4) is 17.4 Å². The fraction of sp³-hybridized carbons (Fsp3) is 0.188. The van der Waals surface area contributed by atoms with Crippen LogP contribution in [0.25, 0.3) is 11.4 Å². The molecule has 1 aromatic carbocycles. The molecule has 0 fully saturated rings. The second-order valence-electron chi connectivity index (χ2n) is 5.09. The summed E-state index contributed by atoms with van der Waals surface area (Å²) in [5, 5.41) is 5.93. The van der Waals surface area contributed by atoms with Gasteiger partial charge in [0.2, 0.25) is 0 Å². The molecule has 23 heavy (non-hydrogen) atoms. The number of carbonyl (C=O) groups is 1. The molecule has 0 saturated carbocycles. The van der Waals surface area contributed by atoms with Gasteiger partial charge in [-0.1, -0.05) is 18.2 Å². The van der Waals surface area contributed by atoms with Crippen molar-refractivity contribution in [3.05, 3.63) is 52.5 Å². The molecule has 3 rings (SSSR count). The van der Waals surface area contributed by atoms with Gasteiger partial charge < -0.3 is 4.74 Å². The maximum Gasteiger partial charge on any atom is 0.336 e. The zero-order chi connectivity index (χ0) is 16.4. The van der Waals surface area contributed by atoms with E-state index in [1.807, 2.05) is 13.8 Å². The van der Waals surface area contributed by atoms with Crippen LogP contribution in [-0.4, -0.2) is 26.8 Å². The van der Waals surface area contributed by atoms with Crippen LogP contribution >= 0.6 is 11.3 Å². The highest BCUT2D eigenvalue weighted by Crippen LogP contribution is 2.23. The summed E-state index contributed by atoms with van der Waals surface area (Å²) in [6.07, 6.45) is -0.136. The molecule has 0 atom stereocenters. The predicted octanol–water partition coefficient (Wildman–Crippen LogP) is 3.62. The Morgan fingerprint density at radius 3 is 2.78 bits per heavy atom. The van der Waals surface area contributed by atoms with E-state index in [2.05, 4.69) is 10.1 Å². The van der Waals surface area contributed by atoms with Crippen LogP contribution in [0.5, 0.6) is 6.01 Å². The zero-order valence-corrected chi connectivity index (χ0v) is 13.4. The summed E-state index contributed by atoms with van der Waals surface area (Å²) < 4.78 is 20.1. The number of thiophene rings is 1. The van der Waals surface area contributed by atoms with Gasteiger partial charge in [-0.3, -0.25) is 4.79 Å². The lowest BCUT2D eigenvalue weighted by Gasteiger charge is -2.03. The van der Waals surface area contributed by atoms with E-state index in [9.17, 15) is 9.18 Å². The Morgan fingerprint density at radius 1 is 1.30 bits per heavy atom. The third-order valence-corrected chi connectivity index (χ3v) is 3.79. The fourth-order valence-corrected chi connectivity index (χ4v) is 2.66. The summed E-state index contributed by atoms with van der Waals surface area (Å²) in [6, 6.07) is 9.43. The number of hydrogen-bond donors (Lipinski definition) is 0. The third-order valence-electron chi connectivity index (χ3n) is 2.94. The Kier molecular flexibility index (Phi) is 4.20. The first-order valence-corrected chi connectivity index (χ1v) is 7.90. The van der Waals surface area contributed by atoms with Crippen LogP contribution in [0.4, 0.5) is 4.39 Å². The summed E-state index contributed by atoms with van der Waals surface area (Å²) in [5.74, 6) is -0.490. The van der Waals surface area contributed by atoms with E-state index in [1.54, 1.807) is 29.6 Å². The molecular weight excluding hydrogens is 317 g/mol. The molecule has 3 aromatic rings. The Morgan fingerprint density at radius 2 is 2.13 bits per heavy atom. The number of rotatable bonds is 4. The average molecular weight is 331 g/mol. The van der Waals surface area contributed by atoms with Crippen molar-refractivity contribution in [1.29, 1.82) is 0 Å². The number of ether oxygens (including phenoxy) is 1. The van der Waals surface area contributed by atoms with Crippen LogP contribution in [-0.2, 0) is 0 Å². The van der Waals surface area contributed by atoms with E-state index >= 15 is 0 Å².